The SMILES string of the molecule is CC(C)N(C(=O)[C@@H](N)Cc1ccc(OC(=O)N(C)C)cc1)C(C)C.S. The van der Waals surface area contributed by atoms with E-state index in [4.69, 9.17) is 10.5 Å². The Balaban J connectivity index is 0.00000576. The minimum atomic E-state index is -0.593. The maximum atomic E-state index is 12.5. The standard InChI is InChI=1S/C18H29N3O3.H2S/c1-12(2)21(13(3)4)17(22)16(19)11-14-7-9-15(10-8-14)24-18(23)20(5)6;/h7-10,12-13,16H,11,19H2,1-6H3;1H2/t16-;/m0./s1. The smallest absolute Gasteiger partial charge is 0.410 e. The summed E-state index contributed by atoms with van der Waals surface area (Å²) < 4.78 is 5.16. The summed E-state index contributed by atoms with van der Waals surface area (Å²) in [6.45, 7) is 7.94. The number of benzene rings is 1. The van der Waals surface area contributed by atoms with Crippen molar-refractivity contribution < 1.29 is 14.3 Å². The first kappa shape index (κ1) is 23.3. The Bertz CT molecular complexity index is 551. The quantitative estimate of drug-likeness (QED) is 0.835. The molecule has 2 amide bonds. The Labute approximate surface area is 157 Å². The van der Waals surface area contributed by atoms with E-state index in [0.29, 0.717) is 12.2 Å². The first-order valence-electron chi connectivity index (χ1n) is 8.19. The van der Waals surface area contributed by atoms with E-state index < -0.39 is 12.1 Å². The molecule has 0 aliphatic carbocycles. The third-order valence-electron chi connectivity index (χ3n) is 3.63. The average Bonchev–Trinajstić information content (AvgIpc) is 2.48. The van der Waals surface area contributed by atoms with Crippen LogP contribution in [0.25, 0.3) is 0 Å². The Morgan fingerprint density at radius 3 is 1.92 bits per heavy atom. The molecular weight excluding hydrogens is 338 g/mol. The average molecular weight is 370 g/mol. The minimum absolute atomic E-state index is 0. The lowest BCUT2D eigenvalue weighted by Gasteiger charge is -2.33. The second-order valence-corrected chi connectivity index (χ2v) is 6.65. The van der Waals surface area contributed by atoms with E-state index in [2.05, 4.69) is 0 Å². The molecule has 25 heavy (non-hydrogen) atoms. The second kappa shape index (κ2) is 10.3. The predicted octanol–water partition coefficient (Wildman–Crippen LogP) is 2.38. The molecule has 142 valence electrons. The first-order valence-corrected chi connectivity index (χ1v) is 8.19. The Kier molecular flexibility index (Phi) is 9.59. The summed E-state index contributed by atoms with van der Waals surface area (Å²) in [6.07, 6.45) is 0.00980. The zero-order valence-corrected chi connectivity index (χ0v) is 16.9. The summed E-state index contributed by atoms with van der Waals surface area (Å²) >= 11 is 0. The fourth-order valence-electron chi connectivity index (χ4n) is 2.52. The van der Waals surface area contributed by atoms with Gasteiger partial charge >= 0.3 is 6.09 Å². The number of amides is 2. The molecule has 1 atom stereocenters. The highest BCUT2D eigenvalue weighted by atomic mass is 32.1. The number of hydrogen-bond donors (Lipinski definition) is 1. The van der Waals surface area contributed by atoms with Gasteiger partial charge in [-0.15, -0.1) is 0 Å². The van der Waals surface area contributed by atoms with Crippen molar-refractivity contribution in [1.29, 1.82) is 0 Å². The van der Waals surface area contributed by atoms with Crippen LogP contribution in [0.15, 0.2) is 24.3 Å². The van der Waals surface area contributed by atoms with E-state index in [1.807, 2.05) is 39.8 Å². The predicted molar refractivity (Wildman–Crippen MR) is 105 cm³/mol. The van der Waals surface area contributed by atoms with E-state index in [0.717, 1.165) is 5.56 Å². The normalized spacial score (nSPS) is 11.7. The summed E-state index contributed by atoms with van der Waals surface area (Å²) in [5.74, 6) is 0.409. The molecule has 6 nitrogen and oxygen atoms in total. The molecule has 0 saturated carbocycles. The molecular formula is C18H31N3O3S. The topological polar surface area (TPSA) is 75.9 Å². The molecule has 1 aromatic rings. The third kappa shape index (κ3) is 6.96. The lowest BCUT2D eigenvalue weighted by atomic mass is 10.0. The lowest BCUT2D eigenvalue weighted by molar-refractivity contribution is -0.136. The molecule has 0 heterocycles. The number of carbonyl (C=O) groups excluding carboxylic acids is 2. The number of hydrogen-bond acceptors (Lipinski definition) is 4. The van der Waals surface area contributed by atoms with Crippen LogP contribution in [-0.2, 0) is 11.2 Å². The van der Waals surface area contributed by atoms with Gasteiger partial charge in [-0.25, -0.2) is 4.79 Å². The highest BCUT2D eigenvalue weighted by Crippen LogP contribution is 2.15. The first-order chi connectivity index (χ1) is 11.1. The van der Waals surface area contributed by atoms with Crippen LogP contribution in [0.4, 0.5) is 4.79 Å². The van der Waals surface area contributed by atoms with E-state index in [-0.39, 0.29) is 31.5 Å². The number of nitrogens with zero attached hydrogens (tertiary/aromatic N) is 2. The molecule has 0 bridgehead atoms. The van der Waals surface area contributed by atoms with Crippen LogP contribution in [0.2, 0.25) is 0 Å². The fraction of sp³-hybridized carbons (Fsp3) is 0.556. The molecule has 0 unspecified atom stereocenters. The summed E-state index contributed by atoms with van der Waals surface area (Å²) in [7, 11) is 3.24. The molecule has 0 aromatic heterocycles. The molecule has 0 spiro atoms. The van der Waals surface area contributed by atoms with Gasteiger partial charge in [-0.05, 0) is 51.8 Å². The van der Waals surface area contributed by atoms with Crippen LogP contribution in [0.1, 0.15) is 33.3 Å². The van der Waals surface area contributed by atoms with Gasteiger partial charge in [0.05, 0.1) is 6.04 Å². The molecule has 0 aliphatic heterocycles. The number of rotatable bonds is 6. The van der Waals surface area contributed by atoms with Gasteiger partial charge in [-0.3, -0.25) is 4.79 Å². The van der Waals surface area contributed by atoms with Gasteiger partial charge in [0.25, 0.3) is 0 Å². The molecule has 7 heteroatoms. The highest BCUT2D eigenvalue weighted by Gasteiger charge is 2.25. The van der Waals surface area contributed by atoms with Crippen molar-refractivity contribution in [3.8, 4) is 5.75 Å². The van der Waals surface area contributed by atoms with E-state index >= 15 is 0 Å². The largest absolute Gasteiger partial charge is 0.414 e. The summed E-state index contributed by atoms with van der Waals surface area (Å²) in [6, 6.07) is 6.67. The van der Waals surface area contributed by atoms with Gasteiger partial charge in [-0.2, -0.15) is 13.5 Å². The van der Waals surface area contributed by atoms with Gasteiger partial charge in [0.2, 0.25) is 5.91 Å². The van der Waals surface area contributed by atoms with Gasteiger partial charge in [-0.1, -0.05) is 12.1 Å². The molecule has 2 N–H and O–H groups in total. The van der Waals surface area contributed by atoms with Crippen molar-refractivity contribution in [3.63, 3.8) is 0 Å². The van der Waals surface area contributed by atoms with Crippen LogP contribution >= 0.6 is 13.5 Å². The van der Waals surface area contributed by atoms with E-state index in [1.54, 1.807) is 31.1 Å². The molecule has 0 radical (unpaired) electrons. The molecule has 0 fully saturated rings. The summed E-state index contributed by atoms with van der Waals surface area (Å²) in [5.41, 5.74) is 7.03. The Morgan fingerprint density at radius 1 is 1.04 bits per heavy atom. The molecule has 1 aromatic carbocycles. The Hall–Kier alpha value is -1.73. The van der Waals surface area contributed by atoms with Crippen LogP contribution in [0, 0.1) is 0 Å². The number of nitrogens with two attached hydrogens (primary N) is 1. The van der Waals surface area contributed by atoms with Crippen molar-refractivity contribution in [3.05, 3.63) is 29.8 Å². The zero-order chi connectivity index (χ0) is 18.4. The van der Waals surface area contributed by atoms with Gasteiger partial charge < -0.3 is 20.3 Å². The zero-order valence-electron chi connectivity index (χ0n) is 15.9. The molecule has 1 rings (SSSR count). The lowest BCUT2D eigenvalue weighted by Crippen LogP contribution is -2.50. The maximum absolute atomic E-state index is 12.5. The van der Waals surface area contributed by atoms with Crippen molar-refractivity contribution in [1.82, 2.24) is 9.80 Å². The fourth-order valence-corrected chi connectivity index (χ4v) is 2.52. The van der Waals surface area contributed by atoms with Gasteiger partial charge in [0.15, 0.2) is 0 Å². The van der Waals surface area contributed by atoms with Crippen molar-refractivity contribution >= 4 is 25.5 Å². The molecule has 0 aliphatic rings. The van der Waals surface area contributed by atoms with Crippen molar-refractivity contribution in [2.45, 2.75) is 52.2 Å². The number of carbonyl (C=O) groups is 2. The van der Waals surface area contributed by atoms with Crippen LogP contribution in [0.3, 0.4) is 0 Å². The van der Waals surface area contributed by atoms with Crippen LogP contribution in [-0.4, -0.2) is 54.0 Å². The van der Waals surface area contributed by atoms with Crippen molar-refractivity contribution in [2.75, 3.05) is 14.1 Å². The maximum Gasteiger partial charge on any atom is 0.414 e. The summed E-state index contributed by atoms with van der Waals surface area (Å²) in [4.78, 5) is 27.2. The van der Waals surface area contributed by atoms with E-state index in [9.17, 15) is 9.59 Å². The van der Waals surface area contributed by atoms with Crippen molar-refractivity contribution in [2.24, 2.45) is 5.73 Å². The molecule has 0 saturated heterocycles. The number of ether oxygens (including phenoxy) is 1. The third-order valence-corrected chi connectivity index (χ3v) is 3.63. The monoisotopic (exact) mass is 369 g/mol. The highest BCUT2D eigenvalue weighted by molar-refractivity contribution is 7.59. The minimum Gasteiger partial charge on any atom is -0.410 e. The van der Waals surface area contributed by atoms with Gasteiger partial charge in [0.1, 0.15) is 5.75 Å². The van der Waals surface area contributed by atoms with Crippen LogP contribution < -0.4 is 10.5 Å². The van der Waals surface area contributed by atoms with Gasteiger partial charge in [0, 0.05) is 26.2 Å². The van der Waals surface area contributed by atoms with Crippen LogP contribution in [0.5, 0.6) is 5.75 Å². The Morgan fingerprint density at radius 2 is 1.52 bits per heavy atom. The second-order valence-electron chi connectivity index (χ2n) is 6.65. The summed E-state index contributed by atoms with van der Waals surface area (Å²) in [5, 5.41) is 0. The van der Waals surface area contributed by atoms with E-state index in [1.165, 1.54) is 4.90 Å².